The Morgan fingerprint density at radius 3 is 3.00 bits per heavy atom. The lowest BCUT2D eigenvalue weighted by Gasteiger charge is -2.26. The van der Waals surface area contributed by atoms with Crippen molar-refractivity contribution >= 4 is 22.6 Å². The van der Waals surface area contributed by atoms with Crippen molar-refractivity contribution in [3.05, 3.63) is 5.82 Å². The smallest absolute Gasteiger partial charge is 0.306 e. The molecule has 1 aromatic rings. The molecule has 0 bridgehead atoms. The van der Waals surface area contributed by atoms with Gasteiger partial charge in [0.2, 0.25) is 5.13 Å². The van der Waals surface area contributed by atoms with Gasteiger partial charge in [0.25, 0.3) is 0 Å². The van der Waals surface area contributed by atoms with Crippen molar-refractivity contribution in [3.63, 3.8) is 0 Å². The van der Waals surface area contributed by atoms with Gasteiger partial charge in [0, 0.05) is 17.6 Å². The van der Waals surface area contributed by atoms with Crippen LogP contribution in [0.15, 0.2) is 0 Å². The average Bonchev–Trinajstić information content (AvgIpc) is 2.64. The molecular formula is C10H15N3O2S. The lowest BCUT2D eigenvalue weighted by Crippen LogP contribution is -2.30. The topological polar surface area (TPSA) is 75.1 Å². The van der Waals surface area contributed by atoms with Crippen LogP contribution in [-0.4, -0.2) is 26.5 Å². The first-order chi connectivity index (χ1) is 7.65. The number of nitrogens with one attached hydrogen (secondary N) is 1. The minimum atomic E-state index is -0.681. The maximum absolute atomic E-state index is 10.9. The van der Waals surface area contributed by atoms with Gasteiger partial charge in [-0.1, -0.05) is 6.42 Å². The van der Waals surface area contributed by atoms with Gasteiger partial charge in [0.15, 0.2) is 0 Å². The molecule has 2 unspecified atom stereocenters. The summed E-state index contributed by atoms with van der Waals surface area (Å²) >= 11 is 1.33. The first kappa shape index (κ1) is 11.3. The van der Waals surface area contributed by atoms with E-state index in [0.717, 1.165) is 30.2 Å². The molecule has 2 rings (SSSR count). The van der Waals surface area contributed by atoms with Crippen LogP contribution in [-0.2, 0) is 4.79 Å². The highest BCUT2D eigenvalue weighted by molar-refractivity contribution is 7.09. The molecular weight excluding hydrogens is 226 g/mol. The molecule has 0 saturated heterocycles. The number of aromatic nitrogens is 2. The molecule has 1 aliphatic rings. The van der Waals surface area contributed by atoms with Gasteiger partial charge in [0.1, 0.15) is 5.82 Å². The van der Waals surface area contributed by atoms with Crippen molar-refractivity contribution in [1.29, 1.82) is 0 Å². The normalized spacial score (nSPS) is 25.3. The van der Waals surface area contributed by atoms with Crippen LogP contribution in [0.2, 0.25) is 0 Å². The fourth-order valence-electron chi connectivity index (χ4n) is 2.08. The number of anilines is 1. The zero-order valence-corrected chi connectivity index (χ0v) is 9.96. The van der Waals surface area contributed by atoms with E-state index in [1.54, 1.807) is 0 Å². The third-order valence-electron chi connectivity index (χ3n) is 2.88. The molecule has 88 valence electrons. The number of hydrogen-bond acceptors (Lipinski definition) is 5. The fourth-order valence-corrected chi connectivity index (χ4v) is 2.73. The molecule has 6 heteroatoms. The summed E-state index contributed by atoms with van der Waals surface area (Å²) in [6.45, 7) is 1.85. The second-order valence-corrected chi connectivity index (χ2v) is 4.94. The molecule has 1 aliphatic carbocycles. The van der Waals surface area contributed by atoms with Crippen molar-refractivity contribution in [1.82, 2.24) is 9.36 Å². The first-order valence-electron chi connectivity index (χ1n) is 5.45. The zero-order chi connectivity index (χ0) is 11.5. The van der Waals surface area contributed by atoms with Gasteiger partial charge < -0.3 is 10.4 Å². The van der Waals surface area contributed by atoms with Gasteiger partial charge >= 0.3 is 5.97 Å². The van der Waals surface area contributed by atoms with Crippen molar-refractivity contribution < 1.29 is 9.90 Å². The largest absolute Gasteiger partial charge is 0.481 e. The summed E-state index contributed by atoms with van der Waals surface area (Å²) in [7, 11) is 0. The van der Waals surface area contributed by atoms with E-state index >= 15 is 0 Å². The van der Waals surface area contributed by atoms with Crippen molar-refractivity contribution in [3.8, 4) is 0 Å². The minimum absolute atomic E-state index is 0.208. The minimum Gasteiger partial charge on any atom is -0.481 e. The van der Waals surface area contributed by atoms with E-state index in [-0.39, 0.29) is 12.0 Å². The third kappa shape index (κ3) is 2.69. The van der Waals surface area contributed by atoms with Crippen LogP contribution in [0, 0.1) is 12.8 Å². The SMILES string of the molecule is Cc1nsc(NC2CCCC(C(=O)O)C2)n1. The molecule has 0 amide bonds. The fraction of sp³-hybridized carbons (Fsp3) is 0.700. The number of aryl methyl sites for hydroxylation is 1. The Morgan fingerprint density at radius 2 is 2.38 bits per heavy atom. The molecule has 16 heavy (non-hydrogen) atoms. The van der Waals surface area contributed by atoms with Gasteiger partial charge in [-0.15, -0.1) is 0 Å². The number of hydrogen-bond donors (Lipinski definition) is 2. The maximum atomic E-state index is 10.9. The Balaban J connectivity index is 1.92. The number of nitrogens with zero attached hydrogens (tertiary/aromatic N) is 2. The average molecular weight is 241 g/mol. The van der Waals surface area contributed by atoms with E-state index in [9.17, 15) is 4.79 Å². The Hall–Kier alpha value is -1.17. The summed E-state index contributed by atoms with van der Waals surface area (Å²) in [6.07, 6.45) is 3.46. The molecule has 1 aromatic heterocycles. The molecule has 1 saturated carbocycles. The molecule has 1 heterocycles. The van der Waals surface area contributed by atoms with Gasteiger partial charge in [-0.2, -0.15) is 4.37 Å². The molecule has 5 nitrogen and oxygen atoms in total. The summed E-state index contributed by atoms with van der Waals surface area (Å²) < 4.78 is 4.09. The van der Waals surface area contributed by atoms with E-state index in [0.29, 0.717) is 6.42 Å². The van der Waals surface area contributed by atoms with Gasteiger partial charge in [-0.25, -0.2) is 4.98 Å². The highest BCUT2D eigenvalue weighted by Crippen LogP contribution is 2.27. The summed E-state index contributed by atoms with van der Waals surface area (Å²) in [4.78, 5) is 15.1. The summed E-state index contributed by atoms with van der Waals surface area (Å²) in [5.41, 5.74) is 0. The maximum Gasteiger partial charge on any atom is 0.306 e. The number of carbonyl (C=O) groups is 1. The quantitative estimate of drug-likeness (QED) is 0.845. The lowest BCUT2D eigenvalue weighted by molar-refractivity contribution is -0.142. The number of carboxylic acid groups (broad SMARTS) is 1. The zero-order valence-electron chi connectivity index (χ0n) is 9.14. The van der Waals surface area contributed by atoms with Gasteiger partial charge in [-0.05, 0) is 26.2 Å². The summed E-state index contributed by atoms with van der Waals surface area (Å²) in [6, 6.07) is 0.224. The van der Waals surface area contributed by atoms with Gasteiger partial charge in [0.05, 0.1) is 5.92 Å². The van der Waals surface area contributed by atoms with Crippen molar-refractivity contribution in [2.45, 2.75) is 38.6 Å². The Kier molecular flexibility index (Phi) is 3.38. The molecule has 0 spiro atoms. The number of rotatable bonds is 3. The Labute approximate surface area is 98.1 Å². The van der Waals surface area contributed by atoms with Gasteiger partial charge in [-0.3, -0.25) is 4.79 Å². The van der Waals surface area contributed by atoms with E-state index in [2.05, 4.69) is 14.7 Å². The molecule has 2 atom stereocenters. The van der Waals surface area contributed by atoms with E-state index in [1.165, 1.54) is 11.5 Å². The summed E-state index contributed by atoms with van der Waals surface area (Å²) in [5.74, 6) is -0.127. The number of carboxylic acids is 1. The molecule has 1 fully saturated rings. The van der Waals surface area contributed by atoms with Crippen LogP contribution >= 0.6 is 11.5 Å². The van der Waals surface area contributed by atoms with Crippen LogP contribution in [0.5, 0.6) is 0 Å². The molecule has 0 aromatic carbocycles. The standard InChI is InChI=1S/C10H15N3O2S/c1-6-11-10(16-13-6)12-8-4-2-3-7(5-8)9(14)15/h7-8H,2-5H2,1H3,(H,14,15)(H,11,12,13). The van der Waals surface area contributed by atoms with Crippen LogP contribution in [0.4, 0.5) is 5.13 Å². The van der Waals surface area contributed by atoms with Crippen molar-refractivity contribution in [2.75, 3.05) is 5.32 Å². The van der Waals surface area contributed by atoms with Crippen molar-refractivity contribution in [2.24, 2.45) is 5.92 Å². The highest BCUT2D eigenvalue weighted by Gasteiger charge is 2.27. The van der Waals surface area contributed by atoms with Crippen LogP contribution < -0.4 is 5.32 Å². The predicted octanol–water partition coefficient (Wildman–Crippen LogP) is 1.90. The van der Waals surface area contributed by atoms with E-state index in [1.807, 2.05) is 6.92 Å². The second-order valence-electron chi connectivity index (χ2n) is 4.19. The molecule has 0 radical (unpaired) electrons. The molecule has 0 aliphatic heterocycles. The third-order valence-corrected chi connectivity index (χ3v) is 3.62. The van der Waals surface area contributed by atoms with E-state index < -0.39 is 5.97 Å². The highest BCUT2D eigenvalue weighted by atomic mass is 32.1. The molecule has 2 N–H and O–H groups in total. The monoisotopic (exact) mass is 241 g/mol. The second kappa shape index (κ2) is 4.78. The first-order valence-corrected chi connectivity index (χ1v) is 6.22. The lowest BCUT2D eigenvalue weighted by atomic mass is 9.86. The Morgan fingerprint density at radius 1 is 1.56 bits per heavy atom. The van der Waals surface area contributed by atoms with Crippen LogP contribution in [0.25, 0.3) is 0 Å². The Bertz CT molecular complexity index is 380. The van der Waals surface area contributed by atoms with Crippen LogP contribution in [0.3, 0.4) is 0 Å². The van der Waals surface area contributed by atoms with E-state index in [4.69, 9.17) is 5.11 Å². The van der Waals surface area contributed by atoms with Crippen LogP contribution in [0.1, 0.15) is 31.5 Å². The summed E-state index contributed by atoms with van der Waals surface area (Å²) in [5, 5.41) is 13.0. The predicted molar refractivity (Wildman–Crippen MR) is 61.7 cm³/mol. The number of aliphatic carboxylic acids is 1.